The van der Waals surface area contributed by atoms with Gasteiger partial charge in [0.05, 0.1) is 6.54 Å². The first kappa shape index (κ1) is 23.7. The van der Waals surface area contributed by atoms with Gasteiger partial charge in [0.15, 0.2) is 5.63 Å². The second-order valence-corrected chi connectivity index (χ2v) is 8.81. The second kappa shape index (κ2) is 9.65. The van der Waals surface area contributed by atoms with Crippen molar-refractivity contribution in [3.8, 4) is 0 Å². The zero-order chi connectivity index (χ0) is 22.6. The zero-order valence-corrected chi connectivity index (χ0v) is 18.6. The predicted octanol–water partition coefficient (Wildman–Crippen LogP) is 4.72. The minimum atomic E-state index is -2.71. The number of hydrogen-bond acceptors (Lipinski definition) is 5. The van der Waals surface area contributed by atoms with Crippen LogP contribution in [0.15, 0.2) is 47.9 Å². The van der Waals surface area contributed by atoms with E-state index in [1.165, 1.54) is 23.6 Å². The van der Waals surface area contributed by atoms with Crippen LogP contribution in [0.4, 0.5) is 18.9 Å². The van der Waals surface area contributed by atoms with Gasteiger partial charge in [-0.05, 0) is 44.0 Å². The maximum absolute atomic E-state index is 14.0. The Bertz CT molecular complexity index is 878. The third kappa shape index (κ3) is 5.63. The van der Waals surface area contributed by atoms with Crippen LogP contribution in [0.5, 0.6) is 0 Å². The Labute approximate surface area is 189 Å². The van der Waals surface area contributed by atoms with Crippen LogP contribution in [0.25, 0.3) is 0 Å². The van der Waals surface area contributed by atoms with E-state index < -0.39 is 29.0 Å². The molecule has 0 radical (unpaired) electrons. The first-order chi connectivity index (χ1) is 14.6. The van der Waals surface area contributed by atoms with Crippen molar-refractivity contribution in [3.05, 3.63) is 48.5 Å². The molecule has 10 heteroatoms. The van der Waals surface area contributed by atoms with Gasteiger partial charge in [-0.2, -0.15) is 0 Å². The quantitative estimate of drug-likeness (QED) is 0.452. The Balaban J connectivity index is 1.98. The van der Waals surface area contributed by atoms with Crippen LogP contribution in [-0.4, -0.2) is 40.0 Å². The summed E-state index contributed by atoms with van der Waals surface area (Å²) in [5.74, 6) is -3.18. The van der Waals surface area contributed by atoms with Gasteiger partial charge in [0, 0.05) is 47.4 Å². The van der Waals surface area contributed by atoms with Gasteiger partial charge >= 0.3 is 0 Å². The van der Waals surface area contributed by atoms with E-state index in [-0.39, 0.29) is 32.2 Å². The molecule has 31 heavy (non-hydrogen) atoms. The van der Waals surface area contributed by atoms with Crippen LogP contribution in [0.1, 0.15) is 38.2 Å². The van der Waals surface area contributed by atoms with Gasteiger partial charge in [0.2, 0.25) is 5.92 Å². The fourth-order valence-electron chi connectivity index (χ4n) is 3.79. The predicted molar refractivity (Wildman–Crippen MR) is 117 cm³/mol. The summed E-state index contributed by atoms with van der Waals surface area (Å²) in [7, 11) is 0. The molecule has 1 aliphatic rings. The maximum atomic E-state index is 14.0. The van der Waals surface area contributed by atoms with Crippen LogP contribution < -0.4 is 10.2 Å². The van der Waals surface area contributed by atoms with Crippen molar-refractivity contribution >= 4 is 35.8 Å². The number of carbonyl (C=O) groups excluding carboxylic acids is 1. The average molecular weight is 473 g/mol. The monoisotopic (exact) mass is 472 g/mol. The summed E-state index contributed by atoms with van der Waals surface area (Å²) in [6.07, 6.45) is 4.02. The summed E-state index contributed by atoms with van der Waals surface area (Å²) in [6, 6.07) is 6.44. The number of benzene rings is 1. The average Bonchev–Trinajstić information content (AvgIpc) is 2.74. The number of amides is 1. The van der Waals surface area contributed by atoms with E-state index in [0.29, 0.717) is 16.1 Å². The number of alkyl halides is 4. The molecular formula is C21H24ClF3N4OS. The third-order valence-corrected chi connectivity index (χ3v) is 6.08. The Morgan fingerprint density at radius 1 is 1.29 bits per heavy atom. The number of thiol groups is 1. The molecule has 0 spiro atoms. The highest BCUT2D eigenvalue weighted by Crippen LogP contribution is 2.36. The highest BCUT2D eigenvalue weighted by molar-refractivity contribution is 7.80. The summed E-state index contributed by atoms with van der Waals surface area (Å²) in [4.78, 5) is 23.8. The Kier molecular flexibility index (Phi) is 7.36. The number of aromatic nitrogens is 2. The summed E-state index contributed by atoms with van der Waals surface area (Å²) in [5.41, 5.74) is -2.25. The minimum absolute atomic E-state index is 0.162. The van der Waals surface area contributed by atoms with E-state index in [2.05, 4.69) is 27.9 Å². The molecule has 5 nitrogen and oxygen atoms in total. The molecule has 1 aromatic carbocycles. The molecule has 1 fully saturated rings. The van der Waals surface area contributed by atoms with E-state index in [0.717, 1.165) is 0 Å². The Hall–Kier alpha value is -2.00. The fraction of sp³-hybridized carbons (Fsp3) is 0.476. The smallest absolute Gasteiger partial charge is 0.250 e. The normalized spacial score (nSPS) is 19.3. The SMILES string of the molecule is C[C@](C(=O)NC1CCC(F)(F)CC1)(c1cncnc1)N(C[C@H](F)Cl)c1ccc(S)cc1. The van der Waals surface area contributed by atoms with Crippen LogP contribution in [0.2, 0.25) is 0 Å². The van der Waals surface area contributed by atoms with Crippen molar-refractivity contribution in [2.45, 2.75) is 60.6 Å². The van der Waals surface area contributed by atoms with E-state index in [1.807, 2.05) is 0 Å². The van der Waals surface area contributed by atoms with Crippen LogP contribution in [-0.2, 0) is 10.3 Å². The first-order valence-electron chi connectivity index (χ1n) is 9.91. The van der Waals surface area contributed by atoms with Crippen molar-refractivity contribution in [2.75, 3.05) is 11.4 Å². The van der Waals surface area contributed by atoms with Crippen LogP contribution in [0.3, 0.4) is 0 Å². The van der Waals surface area contributed by atoms with Gasteiger partial charge in [0.25, 0.3) is 5.91 Å². The molecule has 0 saturated heterocycles. The Morgan fingerprint density at radius 3 is 2.42 bits per heavy atom. The number of anilines is 1. The maximum Gasteiger partial charge on any atom is 0.250 e. The van der Waals surface area contributed by atoms with Crippen LogP contribution in [0, 0.1) is 0 Å². The standard InChI is InChI=1S/C21H24ClF3N4OS/c1-20(14-10-26-13-27-11-14,19(30)28-15-6-8-21(24,25)9-7-15)29(12-18(22)23)16-2-4-17(31)5-3-16/h2-5,10-11,13,15,18,31H,6-9,12H2,1H3,(H,28,30)/t18-,20+/m0/s1. The summed E-state index contributed by atoms with van der Waals surface area (Å²) >= 11 is 9.98. The number of hydrogen-bond donors (Lipinski definition) is 2. The number of rotatable bonds is 7. The molecule has 0 aliphatic heterocycles. The molecule has 3 rings (SSSR count). The molecule has 0 unspecified atom stereocenters. The fourth-order valence-corrected chi connectivity index (χ4v) is 4.07. The van der Waals surface area contributed by atoms with Crippen molar-refractivity contribution in [2.24, 2.45) is 0 Å². The number of carbonyl (C=O) groups is 1. The van der Waals surface area contributed by atoms with Crippen LogP contribution >= 0.6 is 24.2 Å². The minimum Gasteiger partial charge on any atom is -0.351 e. The largest absolute Gasteiger partial charge is 0.351 e. The first-order valence-corrected chi connectivity index (χ1v) is 10.8. The molecule has 1 aliphatic carbocycles. The molecule has 1 amide bonds. The van der Waals surface area contributed by atoms with Gasteiger partial charge < -0.3 is 10.2 Å². The van der Waals surface area contributed by atoms with Gasteiger partial charge in [0.1, 0.15) is 11.9 Å². The van der Waals surface area contributed by atoms with E-state index >= 15 is 0 Å². The lowest BCUT2D eigenvalue weighted by molar-refractivity contribution is -0.128. The molecule has 1 heterocycles. The number of nitrogens with one attached hydrogen (secondary N) is 1. The summed E-state index contributed by atoms with van der Waals surface area (Å²) in [6.45, 7) is 1.32. The number of halogens is 4. The lowest BCUT2D eigenvalue weighted by Gasteiger charge is -2.43. The molecule has 168 valence electrons. The van der Waals surface area contributed by atoms with Crippen molar-refractivity contribution < 1.29 is 18.0 Å². The molecule has 1 saturated carbocycles. The van der Waals surface area contributed by atoms with Gasteiger partial charge in [-0.25, -0.2) is 23.1 Å². The molecular weight excluding hydrogens is 449 g/mol. The molecule has 1 N–H and O–H groups in total. The molecule has 0 bridgehead atoms. The van der Waals surface area contributed by atoms with Gasteiger partial charge in [-0.1, -0.05) is 11.6 Å². The Morgan fingerprint density at radius 2 is 1.87 bits per heavy atom. The molecule has 2 atom stereocenters. The van der Waals surface area contributed by atoms with Crippen molar-refractivity contribution in [1.29, 1.82) is 0 Å². The summed E-state index contributed by atoms with van der Waals surface area (Å²) in [5, 5.41) is 2.88. The lowest BCUT2D eigenvalue weighted by Crippen LogP contribution is -2.58. The zero-order valence-electron chi connectivity index (χ0n) is 16.9. The van der Waals surface area contributed by atoms with E-state index in [4.69, 9.17) is 11.6 Å². The molecule has 1 aromatic heterocycles. The third-order valence-electron chi connectivity index (χ3n) is 5.64. The molecule has 2 aromatic rings. The van der Waals surface area contributed by atoms with Gasteiger partial charge in [-0.15, -0.1) is 12.6 Å². The topological polar surface area (TPSA) is 58.1 Å². The second-order valence-electron chi connectivity index (χ2n) is 7.82. The van der Waals surface area contributed by atoms with Gasteiger partial charge in [-0.3, -0.25) is 4.79 Å². The highest BCUT2D eigenvalue weighted by Gasteiger charge is 2.45. The number of nitrogens with zero attached hydrogens (tertiary/aromatic N) is 3. The van der Waals surface area contributed by atoms with E-state index in [1.54, 1.807) is 31.2 Å². The van der Waals surface area contributed by atoms with Crippen molar-refractivity contribution in [1.82, 2.24) is 15.3 Å². The van der Waals surface area contributed by atoms with Crippen molar-refractivity contribution in [3.63, 3.8) is 0 Å². The lowest BCUT2D eigenvalue weighted by atomic mass is 9.87. The summed E-state index contributed by atoms with van der Waals surface area (Å²) < 4.78 is 41.1. The van der Waals surface area contributed by atoms with E-state index in [9.17, 15) is 18.0 Å². The highest BCUT2D eigenvalue weighted by atomic mass is 35.5.